The van der Waals surface area contributed by atoms with Gasteiger partial charge in [-0.15, -0.1) is 23.7 Å². The molecule has 0 fully saturated rings. The van der Waals surface area contributed by atoms with Crippen LogP contribution in [0.5, 0.6) is 0 Å². The molecule has 1 heterocycles. The first kappa shape index (κ1) is 13.2. The first-order chi connectivity index (χ1) is 7.67. The van der Waals surface area contributed by atoms with Gasteiger partial charge < -0.3 is 5.32 Å². The molecule has 88 valence electrons. The number of thiazole rings is 1. The molecule has 0 amide bonds. The maximum absolute atomic E-state index is 5.31. The van der Waals surface area contributed by atoms with Gasteiger partial charge in [0.15, 0.2) is 0 Å². The van der Waals surface area contributed by atoms with Crippen molar-refractivity contribution in [2.24, 2.45) is 0 Å². The third kappa shape index (κ3) is 3.96. The average molecular weight is 236 g/mol. The normalized spacial score (nSPS) is 12.7. The van der Waals surface area contributed by atoms with E-state index in [1.165, 1.54) is 4.88 Å². The topological polar surface area (TPSA) is 24.9 Å². The predicted molar refractivity (Wildman–Crippen MR) is 70.6 cm³/mol. The molecule has 0 aliphatic heterocycles. The Morgan fingerprint density at radius 2 is 2.31 bits per heavy atom. The molecular formula is C13H20N2S. The Labute approximate surface area is 102 Å². The van der Waals surface area contributed by atoms with E-state index >= 15 is 0 Å². The Balaban J connectivity index is 2.44. The molecule has 16 heavy (non-hydrogen) atoms. The Hall–Kier alpha value is -0.850. The van der Waals surface area contributed by atoms with E-state index in [1.54, 1.807) is 11.3 Å². The van der Waals surface area contributed by atoms with Crippen molar-refractivity contribution in [3.8, 4) is 12.3 Å². The van der Waals surface area contributed by atoms with Crippen LogP contribution in [0.1, 0.15) is 49.4 Å². The molecule has 0 radical (unpaired) electrons. The van der Waals surface area contributed by atoms with Crippen LogP contribution in [0.15, 0.2) is 6.20 Å². The zero-order valence-corrected chi connectivity index (χ0v) is 11.1. The fourth-order valence-electron chi connectivity index (χ4n) is 1.41. The Kier molecular flexibility index (Phi) is 5.51. The van der Waals surface area contributed by atoms with E-state index in [0.717, 1.165) is 24.4 Å². The van der Waals surface area contributed by atoms with Crippen LogP contribution >= 0.6 is 11.3 Å². The van der Waals surface area contributed by atoms with Gasteiger partial charge >= 0.3 is 0 Å². The lowest BCUT2D eigenvalue weighted by molar-refractivity contribution is 0.506. The van der Waals surface area contributed by atoms with E-state index < -0.39 is 0 Å². The van der Waals surface area contributed by atoms with Gasteiger partial charge in [-0.05, 0) is 12.3 Å². The quantitative estimate of drug-likeness (QED) is 0.767. The third-order valence-electron chi connectivity index (χ3n) is 2.54. The highest BCUT2D eigenvalue weighted by Gasteiger charge is 2.08. The molecule has 0 bridgehead atoms. The molecule has 0 aromatic carbocycles. The summed E-state index contributed by atoms with van der Waals surface area (Å²) in [6, 6.07) is 0.413. The molecule has 0 saturated heterocycles. The van der Waals surface area contributed by atoms with Crippen LogP contribution in [0.2, 0.25) is 0 Å². The van der Waals surface area contributed by atoms with Gasteiger partial charge in [-0.3, -0.25) is 0 Å². The van der Waals surface area contributed by atoms with Crippen molar-refractivity contribution in [2.75, 3.05) is 0 Å². The molecular weight excluding hydrogens is 216 g/mol. The maximum atomic E-state index is 5.31. The van der Waals surface area contributed by atoms with Crippen LogP contribution in [0.3, 0.4) is 0 Å². The minimum absolute atomic E-state index is 0.413. The molecule has 2 nitrogen and oxygen atoms in total. The van der Waals surface area contributed by atoms with Gasteiger partial charge in [0.25, 0.3) is 0 Å². The highest BCUT2D eigenvalue weighted by atomic mass is 32.1. The van der Waals surface area contributed by atoms with Gasteiger partial charge in [-0.1, -0.05) is 20.8 Å². The minimum atomic E-state index is 0.413. The predicted octanol–water partition coefficient (Wildman–Crippen LogP) is 3.16. The summed E-state index contributed by atoms with van der Waals surface area (Å²) in [5, 5.41) is 4.60. The monoisotopic (exact) mass is 236 g/mol. The van der Waals surface area contributed by atoms with Gasteiger partial charge in [0, 0.05) is 30.1 Å². The van der Waals surface area contributed by atoms with Gasteiger partial charge in [0.2, 0.25) is 0 Å². The van der Waals surface area contributed by atoms with Crippen LogP contribution in [-0.2, 0) is 6.54 Å². The van der Waals surface area contributed by atoms with Crippen molar-refractivity contribution in [3.63, 3.8) is 0 Å². The second-order valence-corrected chi connectivity index (χ2v) is 5.35. The standard InChI is InChI=1S/C13H20N2S/c1-5-7-11(6-2)14-9-13-15-8-12(16-13)10(3)4/h1,8,10-11,14H,6-7,9H2,2-4H3. The lowest BCUT2D eigenvalue weighted by Crippen LogP contribution is -2.27. The second kappa shape index (κ2) is 6.67. The third-order valence-corrected chi connectivity index (χ3v) is 3.84. The number of terminal acetylenes is 1. The van der Waals surface area contributed by atoms with Crippen LogP contribution in [0, 0.1) is 12.3 Å². The molecule has 1 aromatic rings. The minimum Gasteiger partial charge on any atom is -0.307 e. The summed E-state index contributed by atoms with van der Waals surface area (Å²) >= 11 is 1.79. The van der Waals surface area contributed by atoms with Crippen molar-refractivity contribution < 1.29 is 0 Å². The zero-order valence-electron chi connectivity index (χ0n) is 10.3. The first-order valence-electron chi connectivity index (χ1n) is 5.78. The van der Waals surface area contributed by atoms with E-state index in [-0.39, 0.29) is 0 Å². The van der Waals surface area contributed by atoms with Crippen molar-refractivity contribution in [3.05, 3.63) is 16.1 Å². The smallest absolute Gasteiger partial charge is 0.107 e. The Morgan fingerprint density at radius 1 is 1.56 bits per heavy atom. The average Bonchev–Trinajstić information content (AvgIpc) is 2.73. The number of hydrogen-bond donors (Lipinski definition) is 1. The van der Waals surface area contributed by atoms with Gasteiger partial charge in [0.1, 0.15) is 5.01 Å². The number of nitrogens with one attached hydrogen (secondary N) is 1. The van der Waals surface area contributed by atoms with Crippen molar-refractivity contribution in [1.82, 2.24) is 10.3 Å². The van der Waals surface area contributed by atoms with Gasteiger partial charge in [-0.2, -0.15) is 0 Å². The lowest BCUT2D eigenvalue weighted by atomic mass is 10.1. The van der Waals surface area contributed by atoms with Gasteiger partial charge in [-0.25, -0.2) is 4.98 Å². The molecule has 1 aromatic heterocycles. The summed E-state index contributed by atoms with van der Waals surface area (Å²) in [5.74, 6) is 3.27. The van der Waals surface area contributed by atoms with E-state index in [9.17, 15) is 0 Å². The summed E-state index contributed by atoms with van der Waals surface area (Å²) in [6.45, 7) is 7.36. The fourth-order valence-corrected chi connectivity index (χ4v) is 2.28. The molecule has 0 aliphatic carbocycles. The molecule has 0 aliphatic rings. The van der Waals surface area contributed by atoms with Crippen molar-refractivity contribution >= 4 is 11.3 Å². The van der Waals surface area contributed by atoms with Crippen molar-refractivity contribution in [1.29, 1.82) is 0 Å². The molecule has 0 spiro atoms. The summed E-state index contributed by atoms with van der Waals surface area (Å²) in [4.78, 5) is 5.76. The van der Waals surface area contributed by atoms with Crippen LogP contribution < -0.4 is 5.32 Å². The summed E-state index contributed by atoms with van der Waals surface area (Å²) in [5.41, 5.74) is 0. The number of rotatable bonds is 6. The molecule has 1 unspecified atom stereocenters. The molecule has 1 atom stereocenters. The zero-order chi connectivity index (χ0) is 12.0. The Morgan fingerprint density at radius 3 is 2.81 bits per heavy atom. The van der Waals surface area contributed by atoms with Crippen LogP contribution in [0.4, 0.5) is 0 Å². The Bertz CT molecular complexity index is 349. The number of nitrogens with zero attached hydrogens (tertiary/aromatic N) is 1. The first-order valence-corrected chi connectivity index (χ1v) is 6.60. The summed E-state index contributed by atoms with van der Waals surface area (Å²) in [7, 11) is 0. The summed E-state index contributed by atoms with van der Waals surface area (Å²) < 4.78 is 0. The van der Waals surface area contributed by atoms with E-state index in [0.29, 0.717) is 12.0 Å². The van der Waals surface area contributed by atoms with Crippen LogP contribution in [-0.4, -0.2) is 11.0 Å². The molecule has 1 N–H and O–H groups in total. The largest absolute Gasteiger partial charge is 0.307 e. The van der Waals surface area contributed by atoms with E-state index in [1.807, 2.05) is 6.20 Å². The maximum Gasteiger partial charge on any atom is 0.107 e. The highest BCUT2D eigenvalue weighted by molar-refractivity contribution is 7.11. The molecule has 3 heteroatoms. The van der Waals surface area contributed by atoms with E-state index in [2.05, 4.69) is 37.0 Å². The SMILES string of the molecule is C#CCC(CC)NCc1ncc(C(C)C)s1. The molecule has 0 saturated carbocycles. The summed E-state index contributed by atoms with van der Waals surface area (Å²) in [6.07, 6.45) is 9.15. The van der Waals surface area contributed by atoms with Crippen LogP contribution in [0.25, 0.3) is 0 Å². The highest BCUT2D eigenvalue weighted by Crippen LogP contribution is 2.21. The number of aromatic nitrogens is 1. The molecule has 1 rings (SSSR count). The van der Waals surface area contributed by atoms with Gasteiger partial charge in [0.05, 0.1) is 0 Å². The fraction of sp³-hybridized carbons (Fsp3) is 0.615. The number of hydrogen-bond acceptors (Lipinski definition) is 3. The lowest BCUT2D eigenvalue weighted by Gasteiger charge is -2.12. The van der Waals surface area contributed by atoms with Crippen molar-refractivity contribution in [2.45, 2.75) is 52.1 Å². The second-order valence-electron chi connectivity index (χ2n) is 4.21. The van der Waals surface area contributed by atoms with E-state index in [4.69, 9.17) is 6.42 Å².